The summed E-state index contributed by atoms with van der Waals surface area (Å²) in [7, 11) is 0. The maximum atomic E-state index is 2.18. The first-order valence-electron chi connectivity index (χ1n) is 3.90. The van der Waals surface area contributed by atoms with Crippen LogP contribution in [0.1, 0.15) is 11.1 Å². The van der Waals surface area contributed by atoms with Crippen molar-refractivity contribution >= 4 is 10.8 Å². The van der Waals surface area contributed by atoms with E-state index in [0.29, 0.717) is 0 Å². The predicted molar refractivity (Wildman–Crippen MR) is 61.8 cm³/mol. The Bertz CT molecular complexity index is 349. The summed E-state index contributed by atoms with van der Waals surface area (Å²) in [6.45, 7) is 4.31. The molecule has 0 heterocycles. The van der Waals surface area contributed by atoms with Gasteiger partial charge in [-0.15, -0.1) is 28.5 Å². The summed E-state index contributed by atoms with van der Waals surface area (Å²) in [5, 5.41) is 2.79. The molecule has 0 bridgehead atoms. The van der Waals surface area contributed by atoms with Crippen molar-refractivity contribution in [3.63, 3.8) is 0 Å². The molecular formula is C13H17Zr. The maximum absolute atomic E-state index is 2.18. The van der Waals surface area contributed by atoms with Gasteiger partial charge in [-0.25, -0.2) is 0 Å². The molecule has 1 heteroatoms. The van der Waals surface area contributed by atoms with Crippen LogP contribution in [0.3, 0.4) is 0 Å². The summed E-state index contributed by atoms with van der Waals surface area (Å²) in [5.41, 5.74) is 2.74. The molecule has 0 aromatic heterocycles. The van der Waals surface area contributed by atoms with Crippen molar-refractivity contribution in [2.45, 2.75) is 13.8 Å². The van der Waals surface area contributed by atoms with Gasteiger partial charge in [0.2, 0.25) is 0 Å². The van der Waals surface area contributed by atoms with Crippen LogP contribution in [0.5, 0.6) is 0 Å². The zero-order chi connectivity index (χ0) is 7.84. The minimum Gasteiger partial charge on any atom is -0.358 e. The van der Waals surface area contributed by atoms with Crippen LogP contribution in [-0.4, -0.2) is 0 Å². The molecule has 2 aromatic carbocycles. The van der Waals surface area contributed by atoms with Crippen molar-refractivity contribution in [3.05, 3.63) is 56.3 Å². The molecule has 0 amide bonds. The van der Waals surface area contributed by atoms with Crippen molar-refractivity contribution in [2.24, 2.45) is 0 Å². The molecule has 14 heavy (non-hydrogen) atoms. The van der Waals surface area contributed by atoms with E-state index in [1.165, 1.54) is 21.9 Å². The van der Waals surface area contributed by atoms with Crippen LogP contribution < -0.4 is 0 Å². The number of hydrogen-bond acceptors (Lipinski definition) is 0. The van der Waals surface area contributed by atoms with E-state index in [4.69, 9.17) is 0 Å². The second-order valence-electron chi connectivity index (χ2n) is 3.05. The van der Waals surface area contributed by atoms with Crippen molar-refractivity contribution < 1.29 is 26.2 Å². The topological polar surface area (TPSA) is 0 Å². The molecule has 2 rings (SSSR count). The van der Waals surface area contributed by atoms with E-state index in [0.717, 1.165) is 0 Å². The third-order valence-corrected chi connectivity index (χ3v) is 2.25. The molecule has 2 aromatic rings. The summed E-state index contributed by atoms with van der Waals surface area (Å²) >= 11 is 0. The van der Waals surface area contributed by atoms with Gasteiger partial charge in [0.15, 0.2) is 0 Å². The average Bonchev–Trinajstić information content (AvgIpc) is 2.45. The summed E-state index contributed by atoms with van der Waals surface area (Å²) in [5.74, 6) is 0. The van der Waals surface area contributed by atoms with Crippen molar-refractivity contribution in [3.8, 4) is 0 Å². The Labute approximate surface area is 107 Å². The Morgan fingerprint density at radius 2 is 1.50 bits per heavy atom. The van der Waals surface area contributed by atoms with E-state index in [1.807, 2.05) is 0 Å². The van der Waals surface area contributed by atoms with Gasteiger partial charge < -0.3 is 14.9 Å². The first-order chi connectivity index (χ1) is 5.29. The Kier molecular flexibility index (Phi) is 7.21. The number of rotatable bonds is 0. The summed E-state index contributed by atoms with van der Waals surface area (Å²) in [6, 6.07) is 10.8. The van der Waals surface area contributed by atoms with Gasteiger partial charge in [0.1, 0.15) is 0 Å². The zero-order valence-corrected chi connectivity index (χ0v) is 11.8. The van der Waals surface area contributed by atoms with Gasteiger partial charge in [0.05, 0.1) is 0 Å². The molecule has 0 nitrogen and oxygen atoms in total. The second-order valence-corrected chi connectivity index (χ2v) is 3.05. The third kappa shape index (κ3) is 2.61. The Balaban J connectivity index is 0. The normalized spacial score (nSPS) is 8.43. The SMILES string of the molecule is Cc1ccc(C)c2[cH-]ccc12.[CH3-].[CH3-].[Zr+3]. The Morgan fingerprint density at radius 3 is 2.07 bits per heavy atom. The molecule has 1 radical (unpaired) electrons. The van der Waals surface area contributed by atoms with Crippen LogP contribution in [-0.2, 0) is 26.2 Å². The smallest absolute Gasteiger partial charge is 0.358 e. The van der Waals surface area contributed by atoms with Gasteiger partial charge in [-0.3, -0.25) is 0 Å². The molecular weight excluding hydrogens is 247 g/mol. The van der Waals surface area contributed by atoms with E-state index in [9.17, 15) is 0 Å². The molecule has 0 aliphatic carbocycles. The number of benzene rings is 1. The van der Waals surface area contributed by atoms with E-state index >= 15 is 0 Å². The Morgan fingerprint density at radius 1 is 0.929 bits per heavy atom. The standard InChI is InChI=1S/C11H11.2CH3.Zr/c1-8-6-7-9(2)11-5-3-4-10(8)11;;;/h3-7H,1-2H3;2*1H3;/q3*-1;+3. The molecule has 0 fully saturated rings. The van der Waals surface area contributed by atoms with Crippen LogP contribution in [0, 0.1) is 28.7 Å². The molecule has 0 aliphatic rings. The average molecular weight is 265 g/mol. The predicted octanol–water partition coefficient (Wildman–Crippen LogP) is 4.07. The van der Waals surface area contributed by atoms with Gasteiger partial charge in [0.25, 0.3) is 0 Å². The summed E-state index contributed by atoms with van der Waals surface area (Å²) in [4.78, 5) is 0. The maximum Gasteiger partial charge on any atom is 3.00 e. The zero-order valence-electron chi connectivity index (χ0n) is 9.39. The summed E-state index contributed by atoms with van der Waals surface area (Å²) < 4.78 is 0. The van der Waals surface area contributed by atoms with Crippen LogP contribution in [0.2, 0.25) is 0 Å². The van der Waals surface area contributed by atoms with Crippen molar-refractivity contribution in [1.82, 2.24) is 0 Å². The minimum absolute atomic E-state index is 0. The van der Waals surface area contributed by atoms with E-state index in [-0.39, 0.29) is 41.1 Å². The molecule has 0 spiro atoms. The molecule has 0 saturated carbocycles. The van der Waals surface area contributed by atoms with Crippen LogP contribution in [0.4, 0.5) is 0 Å². The molecule has 0 N–H and O–H groups in total. The second kappa shape index (κ2) is 6.24. The van der Waals surface area contributed by atoms with Gasteiger partial charge in [0, 0.05) is 0 Å². The Hall–Kier alpha value is -0.287. The number of aryl methyl sites for hydroxylation is 2. The fraction of sp³-hybridized carbons (Fsp3) is 0.154. The molecule has 0 saturated heterocycles. The van der Waals surface area contributed by atoms with E-state index < -0.39 is 0 Å². The van der Waals surface area contributed by atoms with Gasteiger partial charge in [-0.2, -0.15) is 12.1 Å². The van der Waals surface area contributed by atoms with Gasteiger partial charge in [-0.05, 0) is 6.92 Å². The number of fused-ring (bicyclic) bond motifs is 1. The largest absolute Gasteiger partial charge is 3.00 e. The van der Waals surface area contributed by atoms with Gasteiger partial charge in [-0.1, -0.05) is 18.6 Å². The first kappa shape index (κ1) is 16.2. The minimum atomic E-state index is 0. The number of hydrogen-bond donors (Lipinski definition) is 0. The van der Waals surface area contributed by atoms with Crippen LogP contribution >= 0.6 is 0 Å². The van der Waals surface area contributed by atoms with E-state index in [2.05, 4.69) is 44.2 Å². The van der Waals surface area contributed by atoms with Crippen molar-refractivity contribution in [1.29, 1.82) is 0 Å². The first-order valence-corrected chi connectivity index (χ1v) is 3.90. The van der Waals surface area contributed by atoms with E-state index in [1.54, 1.807) is 0 Å². The fourth-order valence-electron chi connectivity index (χ4n) is 1.54. The third-order valence-electron chi connectivity index (χ3n) is 2.25. The monoisotopic (exact) mass is 263 g/mol. The van der Waals surface area contributed by atoms with Crippen LogP contribution in [0.15, 0.2) is 30.3 Å². The molecule has 0 aliphatic heterocycles. The molecule has 73 valence electrons. The summed E-state index contributed by atoms with van der Waals surface area (Å²) in [6.07, 6.45) is 0. The van der Waals surface area contributed by atoms with Crippen LogP contribution in [0.25, 0.3) is 10.8 Å². The van der Waals surface area contributed by atoms with Gasteiger partial charge >= 0.3 is 26.2 Å². The van der Waals surface area contributed by atoms with Crippen molar-refractivity contribution in [2.75, 3.05) is 0 Å². The quantitative estimate of drug-likeness (QED) is 0.629. The fourth-order valence-corrected chi connectivity index (χ4v) is 1.54. The molecule has 0 unspecified atom stereocenters. The molecule has 0 atom stereocenters.